The highest BCUT2D eigenvalue weighted by atomic mass is 79.9. The van der Waals surface area contributed by atoms with Crippen molar-refractivity contribution in [3.8, 4) is 0 Å². The number of likely N-dealkylation sites (N-methyl/N-ethyl adjacent to an activating group) is 1. The van der Waals surface area contributed by atoms with Crippen LogP contribution in [0.5, 0.6) is 0 Å². The van der Waals surface area contributed by atoms with Crippen LogP contribution in [0.1, 0.15) is 58.1 Å². The number of ether oxygens (including phenoxy) is 1. The maximum Gasteiger partial charge on any atom is 0.0952 e. The van der Waals surface area contributed by atoms with Crippen molar-refractivity contribution in [3.63, 3.8) is 0 Å². The Morgan fingerprint density at radius 2 is 1.86 bits per heavy atom. The quantitative estimate of drug-likeness (QED) is 0.769. The van der Waals surface area contributed by atoms with Crippen molar-refractivity contribution in [1.82, 2.24) is 5.32 Å². The van der Waals surface area contributed by atoms with Crippen molar-refractivity contribution in [2.24, 2.45) is 5.41 Å². The topological polar surface area (TPSA) is 21.3 Å². The van der Waals surface area contributed by atoms with Crippen LogP contribution in [0.4, 0.5) is 0 Å². The lowest BCUT2D eigenvalue weighted by atomic mass is 9.76. The predicted octanol–water partition coefficient (Wildman–Crippen LogP) is 5.09. The van der Waals surface area contributed by atoms with E-state index >= 15 is 0 Å². The Morgan fingerprint density at radius 3 is 2.43 bits per heavy atom. The maximum atomic E-state index is 6.43. The fraction of sp³-hybridized carbons (Fsp3) is 0.667. The molecular formula is C18H28BrNO. The lowest BCUT2D eigenvalue weighted by molar-refractivity contribution is -0.0458. The van der Waals surface area contributed by atoms with Crippen molar-refractivity contribution in [3.05, 3.63) is 34.3 Å². The van der Waals surface area contributed by atoms with E-state index in [4.69, 9.17) is 4.74 Å². The summed E-state index contributed by atoms with van der Waals surface area (Å²) in [7, 11) is 0. The summed E-state index contributed by atoms with van der Waals surface area (Å²) in [6.45, 7) is 8.75. The minimum Gasteiger partial charge on any atom is -0.369 e. The van der Waals surface area contributed by atoms with Crippen LogP contribution in [0.15, 0.2) is 28.7 Å². The standard InChI is InChI=1S/C18H28BrNO/c1-4-20-13-17(14-5-7-15(19)8-6-14)21-16-9-11-18(2,3)12-10-16/h5-8,16-17,20H,4,9-13H2,1-3H3. The lowest BCUT2D eigenvalue weighted by Crippen LogP contribution is -2.31. The minimum absolute atomic E-state index is 0.157. The van der Waals surface area contributed by atoms with Gasteiger partial charge in [-0.3, -0.25) is 0 Å². The van der Waals surface area contributed by atoms with Crippen molar-refractivity contribution in [1.29, 1.82) is 0 Å². The molecule has 0 heterocycles. The maximum absolute atomic E-state index is 6.43. The zero-order chi connectivity index (χ0) is 15.3. The van der Waals surface area contributed by atoms with E-state index in [1.165, 1.54) is 31.2 Å². The molecule has 21 heavy (non-hydrogen) atoms. The van der Waals surface area contributed by atoms with Crippen LogP contribution in [0.3, 0.4) is 0 Å². The summed E-state index contributed by atoms with van der Waals surface area (Å²) in [5.74, 6) is 0. The molecule has 0 aliphatic heterocycles. The smallest absolute Gasteiger partial charge is 0.0952 e. The molecule has 1 aliphatic rings. The molecule has 1 fully saturated rings. The Hall–Kier alpha value is -0.380. The largest absolute Gasteiger partial charge is 0.369 e. The number of hydrogen-bond acceptors (Lipinski definition) is 2. The summed E-state index contributed by atoms with van der Waals surface area (Å²) in [4.78, 5) is 0. The van der Waals surface area contributed by atoms with E-state index in [1.807, 2.05) is 0 Å². The zero-order valence-electron chi connectivity index (χ0n) is 13.5. The molecule has 1 aromatic rings. The molecule has 1 saturated carbocycles. The van der Waals surface area contributed by atoms with Crippen LogP contribution in [-0.4, -0.2) is 19.2 Å². The van der Waals surface area contributed by atoms with Gasteiger partial charge < -0.3 is 10.1 Å². The number of nitrogens with one attached hydrogen (secondary N) is 1. The number of rotatable bonds is 6. The zero-order valence-corrected chi connectivity index (χ0v) is 15.1. The second-order valence-corrected chi connectivity index (χ2v) is 7.76. The molecule has 1 aromatic carbocycles. The Morgan fingerprint density at radius 1 is 1.24 bits per heavy atom. The van der Waals surface area contributed by atoms with Crippen LogP contribution in [0, 0.1) is 5.41 Å². The highest BCUT2D eigenvalue weighted by Crippen LogP contribution is 2.37. The fourth-order valence-corrected chi connectivity index (χ4v) is 3.20. The van der Waals surface area contributed by atoms with Crippen molar-refractivity contribution < 1.29 is 4.74 Å². The summed E-state index contributed by atoms with van der Waals surface area (Å²) >= 11 is 3.50. The Kier molecular flexibility index (Phi) is 6.27. The van der Waals surface area contributed by atoms with Crippen LogP contribution in [0.25, 0.3) is 0 Å². The first-order valence-corrected chi connectivity index (χ1v) is 8.91. The predicted molar refractivity (Wildman–Crippen MR) is 92.5 cm³/mol. The van der Waals surface area contributed by atoms with E-state index in [1.54, 1.807) is 0 Å². The molecule has 1 unspecified atom stereocenters. The van der Waals surface area contributed by atoms with Crippen LogP contribution in [0.2, 0.25) is 0 Å². The van der Waals surface area contributed by atoms with Crippen molar-refractivity contribution in [2.45, 2.75) is 58.7 Å². The van der Waals surface area contributed by atoms with Gasteiger partial charge in [0.25, 0.3) is 0 Å². The molecule has 0 radical (unpaired) electrons. The molecule has 2 rings (SSSR count). The van der Waals surface area contributed by atoms with Gasteiger partial charge in [0.2, 0.25) is 0 Å². The molecule has 118 valence electrons. The highest BCUT2D eigenvalue weighted by Gasteiger charge is 2.29. The lowest BCUT2D eigenvalue weighted by Gasteiger charge is -2.36. The average molecular weight is 354 g/mol. The van der Waals surface area contributed by atoms with Gasteiger partial charge in [-0.25, -0.2) is 0 Å². The van der Waals surface area contributed by atoms with Gasteiger partial charge in [0.1, 0.15) is 0 Å². The first-order valence-electron chi connectivity index (χ1n) is 8.12. The van der Waals surface area contributed by atoms with Gasteiger partial charge in [0, 0.05) is 11.0 Å². The Labute approximate surface area is 137 Å². The van der Waals surface area contributed by atoms with Gasteiger partial charge in [-0.1, -0.05) is 48.8 Å². The van der Waals surface area contributed by atoms with E-state index in [2.05, 4.69) is 66.3 Å². The summed E-state index contributed by atoms with van der Waals surface area (Å²) in [6.07, 6.45) is 5.48. The van der Waals surface area contributed by atoms with Crippen LogP contribution < -0.4 is 5.32 Å². The fourth-order valence-electron chi connectivity index (χ4n) is 2.94. The normalized spacial score (nSPS) is 20.4. The third-order valence-electron chi connectivity index (χ3n) is 4.46. The second-order valence-electron chi connectivity index (χ2n) is 6.85. The summed E-state index contributed by atoms with van der Waals surface area (Å²) < 4.78 is 7.55. The molecule has 0 aromatic heterocycles. The minimum atomic E-state index is 0.157. The van der Waals surface area contributed by atoms with Gasteiger partial charge in [-0.05, 0) is 55.3 Å². The van der Waals surface area contributed by atoms with Gasteiger partial charge in [-0.15, -0.1) is 0 Å². The SMILES string of the molecule is CCNCC(OC1CCC(C)(C)CC1)c1ccc(Br)cc1. The molecule has 0 spiro atoms. The van der Waals surface area contributed by atoms with Gasteiger partial charge >= 0.3 is 0 Å². The van der Waals surface area contributed by atoms with Gasteiger partial charge in [-0.2, -0.15) is 0 Å². The Balaban J connectivity index is 1.98. The van der Waals surface area contributed by atoms with E-state index in [-0.39, 0.29) is 6.10 Å². The van der Waals surface area contributed by atoms with E-state index < -0.39 is 0 Å². The van der Waals surface area contributed by atoms with Crippen molar-refractivity contribution >= 4 is 15.9 Å². The summed E-state index contributed by atoms with van der Waals surface area (Å²) in [5.41, 5.74) is 1.76. The van der Waals surface area contributed by atoms with E-state index in [0.717, 1.165) is 17.6 Å². The Bertz CT molecular complexity index is 419. The van der Waals surface area contributed by atoms with Gasteiger partial charge in [0.15, 0.2) is 0 Å². The van der Waals surface area contributed by atoms with E-state index in [0.29, 0.717) is 11.5 Å². The average Bonchev–Trinajstić information content (AvgIpc) is 2.46. The molecule has 0 amide bonds. The molecule has 3 heteroatoms. The number of halogens is 1. The molecule has 1 aliphatic carbocycles. The third-order valence-corrected chi connectivity index (χ3v) is 4.99. The third kappa shape index (κ3) is 5.39. The monoisotopic (exact) mass is 353 g/mol. The molecule has 2 nitrogen and oxygen atoms in total. The first kappa shape index (κ1) is 17.0. The summed E-state index contributed by atoms with van der Waals surface area (Å²) in [6, 6.07) is 8.53. The number of benzene rings is 1. The second kappa shape index (κ2) is 7.75. The van der Waals surface area contributed by atoms with Crippen LogP contribution >= 0.6 is 15.9 Å². The molecule has 0 bridgehead atoms. The van der Waals surface area contributed by atoms with Crippen LogP contribution in [-0.2, 0) is 4.74 Å². The number of hydrogen-bond donors (Lipinski definition) is 1. The van der Waals surface area contributed by atoms with Gasteiger partial charge in [0.05, 0.1) is 12.2 Å². The van der Waals surface area contributed by atoms with E-state index in [9.17, 15) is 0 Å². The molecule has 1 N–H and O–H groups in total. The molecule has 1 atom stereocenters. The molecule has 0 saturated heterocycles. The highest BCUT2D eigenvalue weighted by molar-refractivity contribution is 9.10. The van der Waals surface area contributed by atoms with Crippen molar-refractivity contribution in [2.75, 3.05) is 13.1 Å². The molecular weight excluding hydrogens is 326 g/mol. The summed E-state index contributed by atoms with van der Waals surface area (Å²) in [5, 5.41) is 3.43. The first-order chi connectivity index (χ1) is 10.00.